The van der Waals surface area contributed by atoms with E-state index in [4.69, 9.17) is 18.5 Å². The molecule has 0 saturated carbocycles. The maximum atomic E-state index is 12.8. The molecular formula is C54H105NO7P+. The third-order valence-corrected chi connectivity index (χ3v) is 12.7. The molecule has 0 spiro atoms. The third kappa shape index (κ3) is 51.6. The molecule has 0 aliphatic rings. The third-order valence-electron chi connectivity index (χ3n) is 11.7. The zero-order chi connectivity index (χ0) is 46.2. The minimum Gasteiger partial charge on any atom is -0.457 e. The van der Waals surface area contributed by atoms with E-state index in [0.29, 0.717) is 24.1 Å². The highest BCUT2D eigenvalue weighted by Crippen LogP contribution is 2.43. The van der Waals surface area contributed by atoms with E-state index in [2.05, 4.69) is 50.3 Å². The van der Waals surface area contributed by atoms with Crippen molar-refractivity contribution in [2.75, 3.05) is 54.1 Å². The van der Waals surface area contributed by atoms with Gasteiger partial charge in [0, 0.05) is 13.0 Å². The van der Waals surface area contributed by atoms with Gasteiger partial charge < -0.3 is 18.9 Å². The molecule has 1 N–H and O–H groups in total. The number of quaternary nitrogens is 1. The highest BCUT2D eigenvalue weighted by Gasteiger charge is 2.26. The van der Waals surface area contributed by atoms with Gasteiger partial charge in [0.2, 0.25) is 0 Å². The second-order valence-electron chi connectivity index (χ2n) is 19.3. The minimum atomic E-state index is -4.28. The smallest absolute Gasteiger partial charge is 0.457 e. The van der Waals surface area contributed by atoms with E-state index in [0.717, 1.165) is 38.5 Å². The molecule has 0 aliphatic heterocycles. The van der Waals surface area contributed by atoms with E-state index in [1.165, 1.54) is 186 Å². The zero-order valence-corrected chi connectivity index (χ0v) is 43.2. The quantitative estimate of drug-likeness (QED) is 0.0214. The summed E-state index contributed by atoms with van der Waals surface area (Å²) in [5, 5.41) is 0. The fraction of sp³-hybridized carbons (Fsp3) is 0.870. The number of esters is 1. The Kier molecular flexibility index (Phi) is 46.3. The van der Waals surface area contributed by atoms with Gasteiger partial charge in [0.15, 0.2) is 0 Å². The molecule has 0 saturated heterocycles. The van der Waals surface area contributed by atoms with Gasteiger partial charge in [-0.3, -0.25) is 13.8 Å². The Morgan fingerprint density at radius 2 is 0.873 bits per heavy atom. The predicted molar refractivity (Wildman–Crippen MR) is 270 cm³/mol. The van der Waals surface area contributed by atoms with Crippen LogP contribution >= 0.6 is 7.82 Å². The van der Waals surface area contributed by atoms with Gasteiger partial charge in [0.05, 0.1) is 34.4 Å². The van der Waals surface area contributed by atoms with Gasteiger partial charge in [-0.1, -0.05) is 204 Å². The molecule has 0 aromatic carbocycles. The van der Waals surface area contributed by atoms with Crippen molar-refractivity contribution in [3.05, 3.63) is 36.5 Å². The summed E-state index contributed by atoms with van der Waals surface area (Å²) >= 11 is 0. The fourth-order valence-electron chi connectivity index (χ4n) is 7.52. The number of hydrogen-bond acceptors (Lipinski definition) is 6. The van der Waals surface area contributed by atoms with Crippen LogP contribution in [-0.2, 0) is 27.9 Å². The Bertz CT molecular complexity index is 1100. The number of hydrogen-bond donors (Lipinski definition) is 1. The van der Waals surface area contributed by atoms with E-state index in [1.54, 1.807) is 0 Å². The van der Waals surface area contributed by atoms with Crippen LogP contribution in [-0.4, -0.2) is 75.6 Å². The maximum absolute atomic E-state index is 12.8. The number of nitrogens with zero attached hydrogens (tertiary/aromatic N) is 1. The second-order valence-corrected chi connectivity index (χ2v) is 20.7. The molecule has 0 aromatic rings. The summed E-state index contributed by atoms with van der Waals surface area (Å²) in [5.74, 6) is -0.314. The van der Waals surface area contributed by atoms with E-state index in [9.17, 15) is 14.3 Å². The van der Waals surface area contributed by atoms with Crippen LogP contribution in [0.25, 0.3) is 0 Å². The van der Waals surface area contributed by atoms with Crippen LogP contribution < -0.4 is 0 Å². The Balaban J connectivity index is 4.10. The molecule has 372 valence electrons. The van der Waals surface area contributed by atoms with Crippen LogP contribution in [0.5, 0.6) is 0 Å². The highest BCUT2D eigenvalue weighted by atomic mass is 31.2. The molecule has 63 heavy (non-hydrogen) atoms. The van der Waals surface area contributed by atoms with Crippen LogP contribution in [0.2, 0.25) is 0 Å². The van der Waals surface area contributed by atoms with Gasteiger partial charge in [-0.2, -0.15) is 0 Å². The van der Waals surface area contributed by atoms with Crippen LogP contribution in [0, 0.1) is 0 Å². The fourth-order valence-corrected chi connectivity index (χ4v) is 8.26. The molecule has 0 aliphatic carbocycles. The molecule has 0 radical (unpaired) electrons. The monoisotopic (exact) mass is 911 g/mol. The van der Waals surface area contributed by atoms with Gasteiger partial charge in [0.1, 0.15) is 19.3 Å². The zero-order valence-electron chi connectivity index (χ0n) is 42.3. The lowest BCUT2D eigenvalue weighted by atomic mass is 10.0. The average molecular weight is 911 g/mol. The van der Waals surface area contributed by atoms with Crippen LogP contribution in [0.15, 0.2) is 36.5 Å². The average Bonchev–Trinajstić information content (AvgIpc) is 3.24. The summed E-state index contributed by atoms with van der Waals surface area (Å²) in [6, 6.07) is 0. The number of phosphoric ester groups is 1. The van der Waals surface area contributed by atoms with E-state index < -0.39 is 13.9 Å². The van der Waals surface area contributed by atoms with Crippen molar-refractivity contribution in [1.29, 1.82) is 0 Å². The lowest BCUT2D eigenvalue weighted by molar-refractivity contribution is -0.870. The topological polar surface area (TPSA) is 91.3 Å². The summed E-state index contributed by atoms with van der Waals surface area (Å²) in [7, 11) is 1.67. The molecule has 9 heteroatoms. The Morgan fingerprint density at radius 1 is 0.492 bits per heavy atom. The number of rotatable bonds is 50. The van der Waals surface area contributed by atoms with Crippen molar-refractivity contribution in [1.82, 2.24) is 0 Å². The molecule has 2 unspecified atom stereocenters. The number of allylic oxidation sites excluding steroid dienone is 6. The van der Waals surface area contributed by atoms with Crippen molar-refractivity contribution < 1.29 is 37.3 Å². The number of likely N-dealkylation sites (N-methyl/N-ethyl adjacent to an activating group) is 1. The largest absolute Gasteiger partial charge is 0.472 e. The number of carbonyl (C=O) groups is 1. The molecule has 0 fully saturated rings. The first-order valence-corrected chi connectivity index (χ1v) is 28.2. The molecule has 0 aromatic heterocycles. The summed E-state index contributed by atoms with van der Waals surface area (Å²) < 4.78 is 35.2. The van der Waals surface area contributed by atoms with Gasteiger partial charge in [-0.15, -0.1) is 0 Å². The van der Waals surface area contributed by atoms with Crippen molar-refractivity contribution >= 4 is 13.8 Å². The SMILES string of the molecule is CCCCC/C=C\C/C=C\CCCCCCCCCCOCC(COP(=O)(O)OCC[N+](C)(C)C)OC(=O)CCCCCCCCCCCCC/C=C\CCCCCCCCCC. The Hall–Kier alpha value is -1.28. The molecule has 8 nitrogen and oxygen atoms in total. The van der Waals surface area contributed by atoms with E-state index >= 15 is 0 Å². The number of unbranched alkanes of at least 4 members (excludes halogenated alkanes) is 30. The molecule has 0 bridgehead atoms. The number of ether oxygens (including phenoxy) is 2. The standard InChI is InChI=1S/C54H104NO7P/c1-6-8-10-12-14-16-18-20-22-24-26-27-28-29-30-31-33-35-37-39-41-43-45-47-54(56)62-53(52-61-63(57,58)60-50-48-55(3,4)5)51-59-49-46-44-42-40-38-36-34-32-25-23-21-19-17-15-13-11-9-7-2/h15,17,21,23-24,26,53H,6-14,16,18-20,22,25,27-52H2,1-5H3/p+1/b17-15-,23-21-,26-24-. The normalized spacial score (nSPS) is 13.8. The van der Waals surface area contributed by atoms with E-state index in [1.807, 2.05) is 21.1 Å². The van der Waals surface area contributed by atoms with Crippen LogP contribution in [0.1, 0.15) is 245 Å². The van der Waals surface area contributed by atoms with E-state index in [-0.39, 0.29) is 25.8 Å². The van der Waals surface area contributed by atoms with Crippen molar-refractivity contribution in [3.8, 4) is 0 Å². The van der Waals surface area contributed by atoms with Gasteiger partial charge in [-0.25, -0.2) is 4.57 Å². The van der Waals surface area contributed by atoms with Gasteiger partial charge >= 0.3 is 13.8 Å². The van der Waals surface area contributed by atoms with Gasteiger partial charge in [0.25, 0.3) is 0 Å². The van der Waals surface area contributed by atoms with Crippen LogP contribution in [0.4, 0.5) is 0 Å². The minimum absolute atomic E-state index is 0.0878. The van der Waals surface area contributed by atoms with Crippen molar-refractivity contribution in [2.24, 2.45) is 0 Å². The van der Waals surface area contributed by atoms with Crippen molar-refractivity contribution in [2.45, 2.75) is 251 Å². The summed E-state index contributed by atoms with van der Waals surface area (Å²) in [5.41, 5.74) is 0. The molecule has 0 heterocycles. The predicted octanol–water partition coefficient (Wildman–Crippen LogP) is 16.5. The molecule has 2 atom stereocenters. The first-order chi connectivity index (χ1) is 30.6. The van der Waals surface area contributed by atoms with Crippen LogP contribution in [0.3, 0.4) is 0 Å². The van der Waals surface area contributed by atoms with Crippen molar-refractivity contribution in [3.63, 3.8) is 0 Å². The first kappa shape index (κ1) is 61.7. The first-order valence-electron chi connectivity index (χ1n) is 26.7. The summed E-state index contributed by atoms with van der Waals surface area (Å²) in [4.78, 5) is 23.0. The second kappa shape index (κ2) is 47.2. The highest BCUT2D eigenvalue weighted by molar-refractivity contribution is 7.47. The maximum Gasteiger partial charge on any atom is 0.472 e. The number of phosphoric acid groups is 1. The summed E-state index contributed by atoms with van der Waals surface area (Å²) in [6.45, 7) is 5.62. The molecule has 0 rings (SSSR count). The number of carbonyl (C=O) groups excluding carboxylic acids is 1. The lowest BCUT2D eigenvalue weighted by Crippen LogP contribution is -2.37. The molecular weight excluding hydrogens is 806 g/mol. The Morgan fingerprint density at radius 3 is 1.33 bits per heavy atom. The Labute approximate surface area is 391 Å². The molecule has 0 amide bonds. The van der Waals surface area contributed by atoms with Gasteiger partial charge in [-0.05, 0) is 70.6 Å². The summed E-state index contributed by atoms with van der Waals surface area (Å²) in [6.07, 6.45) is 57.6. The lowest BCUT2D eigenvalue weighted by Gasteiger charge is -2.24.